The highest BCUT2D eigenvalue weighted by Gasteiger charge is 2.30. The minimum absolute atomic E-state index is 0.0584. The predicted molar refractivity (Wildman–Crippen MR) is 106 cm³/mol. The summed E-state index contributed by atoms with van der Waals surface area (Å²) in [5.41, 5.74) is 1.87. The molecule has 8 heteroatoms. The Bertz CT molecular complexity index is 1160. The Morgan fingerprint density at radius 3 is 2.50 bits per heavy atom. The lowest BCUT2D eigenvalue weighted by molar-refractivity contribution is 0.112. The van der Waals surface area contributed by atoms with Crippen molar-refractivity contribution < 1.29 is 22.7 Å². The van der Waals surface area contributed by atoms with Crippen molar-refractivity contribution in [3.63, 3.8) is 0 Å². The van der Waals surface area contributed by atoms with Crippen molar-refractivity contribution in [2.45, 2.75) is 31.7 Å². The summed E-state index contributed by atoms with van der Waals surface area (Å²) in [6.07, 6.45) is 0.707. The van der Waals surface area contributed by atoms with Crippen LogP contribution < -0.4 is 13.8 Å². The van der Waals surface area contributed by atoms with E-state index in [2.05, 4.69) is 4.98 Å². The van der Waals surface area contributed by atoms with Crippen molar-refractivity contribution in [3.8, 4) is 11.5 Å². The average molecular weight is 400 g/mol. The van der Waals surface area contributed by atoms with E-state index < -0.39 is 10.0 Å². The fourth-order valence-electron chi connectivity index (χ4n) is 3.39. The fraction of sp³-hybridized carbons (Fsp3) is 0.250. The van der Waals surface area contributed by atoms with Gasteiger partial charge in [-0.1, -0.05) is 17.7 Å². The molecule has 1 aromatic heterocycles. The average Bonchev–Trinajstić information content (AvgIpc) is 3.27. The second kappa shape index (κ2) is 6.56. The summed E-state index contributed by atoms with van der Waals surface area (Å²) < 4.78 is 38.9. The van der Waals surface area contributed by atoms with E-state index in [1.54, 1.807) is 50.2 Å². The van der Waals surface area contributed by atoms with E-state index in [0.29, 0.717) is 40.1 Å². The maximum Gasteiger partial charge on any atom is 0.265 e. The number of hydrogen-bond donors (Lipinski definition) is 1. The number of rotatable bonds is 5. The monoisotopic (exact) mass is 400 g/mol. The maximum atomic E-state index is 13.3. The zero-order valence-corrected chi connectivity index (χ0v) is 16.5. The number of aldehydes is 1. The Morgan fingerprint density at radius 2 is 1.86 bits per heavy atom. The number of carbonyl (C=O) groups excluding carboxylic acids is 1. The summed E-state index contributed by atoms with van der Waals surface area (Å²) in [6.45, 7) is 5.55. The summed E-state index contributed by atoms with van der Waals surface area (Å²) >= 11 is 0. The highest BCUT2D eigenvalue weighted by molar-refractivity contribution is 7.92. The van der Waals surface area contributed by atoms with Crippen LogP contribution in [0.2, 0.25) is 0 Å². The number of ether oxygens (including phenoxy) is 2. The van der Waals surface area contributed by atoms with Crippen LogP contribution in [0.15, 0.2) is 41.3 Å². The quantitative estimate of drug-likeness (QED) is 0.661. The molecule has 3 aromatic rings. The zero-order valence-electron chi connectivity index (χ0n) is 15.7. The summed E-state index contributed by atoms with van der Waals surface area (Å²) in [4.78, 5) is 14.8. The molecule has 0 saturated carbocycles. The van der Waals surface area contributed by atoms with E-state index in [-0.39, 0.29) is 17.7 Å². The second-order valence-corrected chi connectivity index (χ2v) is 8.78. The molecule has 2 heterocycles. The van der Waals surface area contributed by atoms with Gasteiger partial charge in [0, 0.05) is 17.0 Å². The van der Waals surface area contributed by atoms with Crippen LogP contribution in [0.1, 0.15) is 29.8 Å². The number of aromatic nitrogens is 1. The molecule has 0 bridgehead atoms. The summed E-state index contributed by atoms with van der Waals surface area (Å²) in [7, 11) is -3.81. The predicted octanol–water partition coefficient (Wildman–Crippen LogP) is 3.62. The minimum atomic E-state index is -3.81. The van der Waals surface area contributed by atoms with Crippen molar-refractivity contribution in [1.29, 1.82) is 0 Å². The zero-order chi connectivity index (χ0) is 20.1. The van der Waals surface area contributed by atoms with Crippen LogP contribution in [0, 0.1) is 6.92 Å². The molecule has 28 heavy (non-hydrogen) atoms. The largest absolute Gasteiger partial charge is 0.454 e. The molecule has 0 atom stereocenters. The van der Waals surface area contributed by atoms with E-state index in [9.17, 15) is 13.2 Å². The van der Waals surface area contributed by atoms with E-state index in [1.807, 2.05) is 6.92 Å². The number of anilines is 1. The third-order valence-electron chi connectivity index (χ3n) is 4.68. The number of nitrogens with zero attached hydrogens (tertiary/aromatic N) is 1. The number of hydrogen-bond acceptors (Lipinski definition) is 5. The number of fused-ring (bicyclic) bond motifs is 3. The molecule has 4 rings (SSSR count). The number of carbonyl (C=O) groups is 1. The van der Waals surface area contributed by atoms with Crippen molar-refractivity contribution in [3.05, 3.63) is 47.5 Å². The second-order valence-electron chi connectivity index (χ2n) is 6.97. The van der Waals surface area contributed by atoms with E-state index in [4.69, 9.17) is 9.47 Å². The molecule has 0 fully saturated rings. The van der Waals surface area contributed by atoms with Crippen LogP contribution >= 0.6 is 0 Å². The van der Waals surface area contributed by atoms with Crippen LogP contribution in [0.3, 0.4) is 0 Å². The molecule has 2 aromatic carbocycles. The Morgan fingerprint density at radius 1 is 1.14 bits per heavy atom. The Kier molecular flexibility index (Phi) is 4.30. The number of H-pyrrole nitrogens is 1. The van der Waals surface area contributed by atoms with Gasteiger partial charge in [0.2, 0.25) is 6.79 Å². The summed E-state index contributed by atoms with van der Waals surface area (Å²) in [6, 6.07) is 9.62. The molecule has 0 amide bonds. The van der Waals surface area contributed by atoms with Crippen LogP contribution in [0.5, 0.6) is 11.5 Å². The maximum absolute atomic E-state index is 13.3. The number of sulfonamides is 1. The fourth-order valence-corrected chi connectivity index (χ4v) is 5.01. The smallest absolute Gasteiger partial charge is 0.265 e. The van der Waals surface area contributed by atoms with Crippen LogP contribution in [0.4, 0.5) is 5.82 Å². The lowest BCUT2D eigenvalue weighted by Crippen LogP contribution is -2.37. The third-order valence-corrected chi connectivity index (χ3v) is 6.68. The van der Waals surface area contributed by atoms with Crippen molar-refractivity contribution >= 4 is 33.0 Å². The molecule has 0 spiro atoms. The summed E-state index contributed by atoms with van der Waals surface area (Å²) in [5, 5.41) is 0.608. The lowest BCUT2D eigenvalue weighted by Gasteiger charge is -2.26. The van der Waals surface area contributed by atoms with Gasteiger partial charge >= 0.3 is 0 Å². The minimum Gasteiger partial charge on any atom is -0.454 e. The normalized spacial score (nSPS) is 13.3. The first-order valence-electron chi connectivity index (χ1n) is 8.84. The molecule has 0 radical (unpaired) electrons. The van der Waals surface area contributed by atoms with Gasteiger partial charge in [-0.25, -0.2) is 12.7 Å². The number of benzene rings is 2. The van der Waals surface area contributed by atoms with Gasteiger partial charge in [0.15, 0.2) is 17.8 Å². The molecule has 146 valence electrons. The molecule has 0 unspecified atom stereocenters. The standard InChI is InChI=1S/C20H20N2O5S/c1-12(2)22(28(24,25)15-6-4-13(3)5-7-15)18-9-16-19(21-18)14(10-23)8-17-20(16)27-11-26-17/h4-10,12,21H,11H2,1-3H3. The molecular formula is C20H20N2O5S. The van der Waals surface area contributed by atoms with Gasteiger partial charge in [-0.05, 0) is 45.0 Å². The van der Waals surface area contributed by atoms with E-state index >= 15 is 0 Å². The topological polar surface area (TPSA) is 88.7 Å². The van der Waals surface area contributed by atoms with Crippen molar-refractivity contribution in [1.82, 2.24) is 4.98 Å². The first kappa shape index (κ1) is 18.4. The number of aromatic amines is 1. The van der Waals surface area contributed by atoms with Gasteiger partial charge in [0.05, 0.1) is 10.4 Å². The number of nitrogens with one attached hydrogen (secondary N) is 1. The van der Waals surface area contributed by atoms with E-state index in [0.717, 1.165) is 5.56 Å². The first-order valence-corrected chi connectivity index (χ1v) is 10.3. The van der Waals surface area contributed by atoms with Crippen molar-refractivity contribution in [2.75, 3.05) is 11.1 Å². The van der Waals surface area contributed by atoms with Crippen LogP contribution in [-0.4, -0.2) is 32.5 Å². The Balaban J connectivity index is 1.91. The molecular weight excluding hydrogens is 380 g/mol. The number of aryl methyl sites for hydroxylation is 1. The van der Waals surface area contributed by atoms with Crippen LogP contribution in [0.25, 0.3) is 10.9 Å². The molecule has 0 aliphatic carbocycles. The highest BCUT2D eigenvalue weighted by atomic mass is 32.2. The van der Waals surface area contributed by atoms with Gasteiger partial charge in [-0.15, -0.1) is 0 Å². The Labute approximate surface area is 162 Å². The van der Waals surface area contributed by atoms with Gasteiger partial charge < -0.3 is 14.5 Å². The first-order chi connectivity index (χ1) is 13.3. The van der Waals surface area contributed by atoms with Crippen molar-refractivity contribution in [2.24, 2.45) is 0 Å². The Hall–Kier alpha value is -3.00. The molecule has 1 aliphatic heterocycles. The lowest BCUT2D eigenvalue weighted by atomic mass is 10.1. The van der Waals surface area contributed by atoms with Gasteiger partial charge in [0.1, 0.15) is 5.82 Å². The molecule has 1 aliphatic rings. The summed E-state index contributed by atoms with van der Waals surface area (Å²) in [5.74, 6) is 1.33. The van der Waals surface area contributed by atoms with Crippen LogP contribution in [-0.2, 0) is 10.0 Å². The van der Waals surface area contributed by atoms with E-state index in [1.165, 1.54) is 4.31 Å². The molecule has 7 nitrogen and oxygen atoms in total. The van der Waals surface area contributed by atoms with Gasteiger partial charge in [0.25, 0.3) is 10.0 Å². The SMILES string of the molecule is Cc1ccc(S(=O)(=O)N(c2cc3c4c(cc(C=O)c3[nH]2)OCO4)C(C)C)cc1. The molecule has 1 N–H and O–H groups in total. The third kappa shape index (κ3) is 2.80. The molecule has 0 saturated heterocycles. The van der Waals surface area contributed by atoms with Gasteiger partial charge in [-0.2, -0.15) is 0 Å². The van der Waals surface area contributed by atoms with Gasteiger partial charge in [-0.3, -0.25) is 4.79 Å². The highest BCUT2D eigenvalue weighted by Crippen LogP contribution is 2.43.